The molecule has 0 aliphatic carbocycles. The fourth-order valence-electron chi connectivity index (χ4n) is 1.95. The van der Waals surface area contributed by atoms with E-state index in [0.717, 1.165) is 18.8 Å². The van der Waals surface area contributed by atoms with Gasteiger partial charge in [0.05, 0.1) is 12.6 Å². The molecule has 3 nitrogen and oxygen atoms in total. The Morgan fingerprint density at radius 3 is 2.94 bits per heavy atom. The summed E-state index contributed by atoms with van der Waals surface area (Å²) >= 11 is 5.28. The van der Waals surface area contributed by atoms with Crippen LogP contribution in [0, 0.1) is 0 Å². The molecule has 0 saturated carbocycles. The van der Waals surface area contributed by atoms with Crippen LogP contribution in [-0.2, 0) is 0 Å². The first-order valence-electron chi connectivity index (χ1n) is 5.95. The standard InChI is InChI=1S/C13H18N2OS/c1-9(2)14-13(17)15-11-7-8-16-12-6-4-3-5-10(11)12/h3-6,9,11H,7-8H2,1-2H3,(H2,14,15,17)/t11-/m1/s1. The molecule has 0 saturated heterocycles. The highest BCUT2D eigenvalue weighted by Crippen LogP contribution is 2.31. The Balaban J connectivity index is 2.06. The number of hydrogen-bond acceptors (Lipinski definition) is 2. The molecular weight excluding hydrogens is 232 g/mol. The van der Waals surface area contributed by atoms with E-state index < -0.39 is 0 Å². The van der Waals surface area contributed by atoms with Gasteiger partial charge in [-0.1, -0.05) is 18.2 Å². The highest BCUT2D eigenvalue weighted by atomic mass is 32.1. The quantitative estimate of drug-likeness (QED) is 0.790. The summed E-state index contributed by atoms with van der Waals surface area (Å²) in [6, 6.07) is 8.71. The molecule has 2 N–H and O–H groups in total. The van der Waals surface area contributed by atoms with Gasteiger partial charge in [0, 0.05) is 18.0 Å². The second-order valence-electron chi connectivity index (χ2n) is 4.50. The molecule has 1 heterocycles. The molecule has 0 radical (unpaired) electrons. The van der Waals surface area contributed by atoms with Gasteiger partial charge in [0.1, 0.15) is 5.75 Å². The van der Waals surface area contributed by atoms with Gasteiger partial charge < -0.3 is 15.4 Å². The Kier molecular flexibility index (Phi) is 3.84. The molecule has 1 atom stereocenters. The number of nitrogens with one attached hydrogen (secondary N) is 2. The molecule has 0 aromatic heterocycles. The number of para-hydroxylation sites is 1. The Morgan fingerprint density at radius 1 is 1.41 bits per heavy atom. The van der Waals surface area contributed by atoms with Crippen LogP contribution in [0.15, 0.2) is 24.3 Å². The number of ether oxygens (including phenoxy) is 1. The molecular formula is C13H18N2OS. The zero-order valence-corrected chi connectivity index (χ0v) is 11.0. The first-order valence-corrected chi connectivity index (χ1v) is 6.36. The van der Waals surface area contributed by atoms with E-state index in [0.29, 0.717) is 11.2 Å². The highest BCUT2D eigenvalue weighted by Gasteiger charge is 2.21. The highest BCUT2D eigenvalue weighted by molar-refractivity contribution is 7.80. The van der Waals surface area contributed by atoms with E-state index in [9.17, 15) is 0 Å². The predicted octanol–water partition coefficient (Wildman–Crippen LogP) is 2.38. The number of thiocarbonyl (C=S) groups is 1. The van der Waals surface area contributed by atoms with Crippen molar-refractivity contribution in [2.75, 3.05) is 6.61 Å². The van der Waals surface area contributed by atoms with Crippen molar-refractivity contribution >= 4 is 17.3 Å². The van der Waals surface area contributed by atoms with Crippen LogP contribution in [0.25, 0.3) is 0 Å². The van der Waals surface area contributed by atoms with Gasteiger partial charge in [-0.2, -0.15) is 0 Å². The lowest BCUT2D eigenvalue weighted by Gasteiger charge is -2.28. The van der Waals surface area contributed by atoms with Gasteiger partial charge in [0.2, 0.25) is 0 Å². The van der Waals surface area contributed by atoms with E-state index >= 15 is 0 Å². The zero-order chi connectivity index (χ0) is 12.3. The van der Waals surface area contributed by atoms with Crippen molar-refractivity contribution in [1.82, 2.24) is 10.6 Å². The second kappa shape index (κ2) is 5.36. The van der Waals surface area contributed by atoms with Crippen LogP contribution in [0.1, 0.15) is 31.9 Å². The van der Waals surface area contributed by atoms with Crippen LogP contribution in [0.4, 0.5) is 0 Å². The topological polar surface area (TPSA) is 33.3 Å². The molecule has 1 aromatic rings. The number of hydrogen-bond donors (Lipinski definition) is 2. The smallest absolute Gasteiger partial charge is 0.166 e. The van der Waals surface area contributed by atoms with E-state index in [1.54, 1.807) is 0 Å². The normalized spacial score (nSPS) is 18.2. The average Bonchev–Trinajstić information content (AvgIpc) is 2.28. The molecule has 0 unspecified atom stereocenters. The minimum absolute atomic E-state index is 0.249. The van der Waals surface area contributed by atoms with Gasteiger partial charge in [-0.25, -0.2) is 0 Å². The maximum atomic E-state index is 5.61. The van der Waals surface area contributed by atoms with E-state index in [4.69, 9.17) is 17.0 Å². The Hall–Kier alpha value is -1.29. The Bertz CT molecular complexity index is 406. The van der Waals surface area contributed by atoms with Crippen LogP contribution in [0.3, 0.4) is 0 Å². The van der Waals surface area contributed by atoms with Crippen LogP contribution < -0.4 is 15.4 Å². The third-order valence-electron chi connectivity index (χ3n) is 2.68. The number of rotatable bonds is 2. The van der Waals surface area contributed by atoms with Crippen molar-refractivity contribution in [2.45, 2.75) is 32.4 Å². The lowest BCUT2D eigenvalue weighted by molar-refractivity contribution is 0.262. The van der Waals surface area contributed by atoms with Gasteiger partial charge >= 0.3 is 0 Å². The summed E-state index contributed by atoms with van der Waals surface area (Å²) in [5.74, 6) is 0.962. The number of fused-ring (bicyclic) bond motifs is 1. The molecule has 92 valence electrons. The molecule has 0 amide bonds. The van der Waals surface area contributed by atoms with Crippen LogP contribution in [0.5, 0.6) is 5.75 Å². The molecule has 1 aliphatic heterocycles. The van der Waals surface area contributed by atoms with E-state index in [1.807, 2.05) is 18.2 Å². The van der Waals surface area contributed by atoms with Gasteiger partial charge in [0.25, 0.3) is 0 Å². The van der Waals surface area contributed by atoms with E-state index in [2.05, 4.69) is 30.5 Å². The monoisotopic (exact) mass is 250 g/mol. The molecule has 0 fully saturated rings. The fraction of sp³-hybridized carbons (Fsp3) is 0.462. The maximum absolute atomic E-state index is 5.61. The SMILES string of the molecule is CC(C)NC(=S)N[C@@H]1CCOc2ccccc21. The Labute approximate surface area is 108 Å². The number of benzene rings is 1. The van der Waals surface area contributed by atoms with E-state index in [-0.39, 0.29) is 6.04 Å². The summed E-state index contributed by atoms with van der Waals surface area (Å²) in [5.41, 5.74) is 1.19. The predicted molar refractivity (Wildman–Crippen MR) is 73.3 cm³/mol. The summed E-state index contributed by atoms with van der Waals surface area (Å²) < 4.78 is 5.61. The Morgan fingerprint density at radius 2 is 2.18 bits per heavy atom. The minimum Gasteiger partial charge on any atom is -0.493 e. The van der Waals surface area contributed by atoms with Gasteiger partial charge in [0.15, 0.2) is 5.11 Å². The largest absolute Gasteiger partial charge is 0.493 e. The first-order chi connectivity index (χ1) is 8.16. The molecule has 1 aromatic carbocycles. The summed E-state index contributed by atoms with van der Waals surface area (Å²) in [4.78, 5) is 0. The van der Waals surface area contributed by atoms with Crippen molar-refractivity contribution in [1.29, 1.82) is 0 Å². The van der Waals surface area contributed by atoms with Gasteiger partial charge in [-0.3, -0.25) is 0 Å². The summed E-state index contributed by atoms with van der Waals surface area (Å²) in [6.07, 6.45) is 0.941. The van der Waals surface area contributed by atoms with Crippen molar-refractivity contribution in [3.05, 3.63) is 29.8 Å². The second-order valence-corrected chi connectivity index (χ2v) is 4.91. The zero-order valence-electron chi connectivity index (χ0n) is 10.2. The van der Waals surface area contributed by atoms with Crippen molar-refractivity contribution in [3.8, 4) is 5.75 Å². The van der Waals surface area contributed by atoms with Crippen LogP contribution in [0.2, 0.25) is 0 Å². The van der Waals surface area contributed by atoms with Crippen molar-refractivity contribution < 1.29 is 4.74 Å². The van der Waals surface area contributed by atoms with Crippen molar-refractivity contribution in [3.63, 3.8) is 0 Å². The van der Waals surface area contributed by atoms with Crippen molar-refractivity contribution in [2.24, 2.45) is 0 Å². The third kappa shape index (κ3) is 3.09. The molecule has 1 aliphatic rings. The lowest BCUT2D eigenvalue weighted by Crippen LogP contribution is -2.42. The lowest BCUT2D eigenvalue weighted by atomic mass is 10.0. The van der Waals surface area contributed by atoms with E-state index in [1.165, 1.54) is 5.56 Å². The summed E-state index contributed by atoms with van der Waals surface area (Å²) in [5, 5.41) is 7.26. The van der Waals surface area contributed by atoms with Gasteiger partial charge in [-0.05, 0) is 32.1 Å². The fourth-order valence-corrected chi connectivity index (χ4v) is 2.33. The molecule has 2 rings (SSSR count). The molecule has 4 heteroatoms. The van der Waals surface area contributed by atoms with Gasteiger partial charge in [-0.15, -0.1) is 0 Å². The average molecular weight is 250 g/mol. The summed E-state index contributed by atoms with van der Waals surface area (Å²) in [6.45, 7) is 4.89. The van der Waals surface area contributed by atoms with Crippen LogP contribution in [-0.4, -0.2) is 17.8 Å². The maximum Gasteiger partial charge on any atom is 0.166 e. The van der Waals surface area contributed by atoms with Crippen LogP contribution >= 0.6 is 12.2 Å². The molecule has 17 heavy (non-hydrogen) atoms. The minimum atomic E-state index is 0.249. The molecule has 0 bridgehead atoms. The first kappa shape index (κ1) is 12.2. The molecule has 0 spiro atoms. The third-order valence-corrected chi connectivity index (χ3v) is 2.92. The summed E-state index contributed by atoms with van der Waals surface area (Å²) in [7, 11) is 0.